The number of carbonyl (C=O) groups excluding carboxylic acids is 1. The van der Waals surface area contributed by atoms with Crippen molar-refractivity contribution in [1.29, 1.82) is 0 Å². The van der Waals surface area contributed by atoms with E-state index in [1.54, 1.807) is 0 Å². The largest absolute Gasteiger partial charge is 0.492 e. The van der Waals surface area contributed by atoms with Crippen LogP contribution in [0.1, 0.15) is 31.9 Å². The molecule has 0 aromatic heterocycles. The van der Waals surface area contributed by atoms with E-state index in [4.69, 9.17) is 4.74 Å². The first-order valence-electron chi connectivity index (χ1n) is 9.31. The van der Waals surface area contributed by atoms with Crippen LogP contribution in [0.25, 0.3) is 0 Å². The third kappa shape index (κ3) is 10.4. The minimum atomic E-state index is -0.00250. The molecular formula is C20H35IN4O2. The van der Waals surface area contributed by atoms with Crippen molar-refractivity contribution in [3.05, 3.63) is 29.3 Å². The number of amides is 1. The number of ether oxygens (including phenoxy) is 1. The fraction of sp³-hybridized carbons (Fsp3) is 0.600. The quantitative estimate of drug-likeness (QED) is 0.242. The van der Waals surface area contributed by atoms with Gasteiger partial charge in [0, 0.05) is 26.1 Å². The van der Waals surface area contributed by atoms with Gasteiger partial charge in [-0.2, -0.15) is 0 Å². The van der Waals surface area contributed by atoms with Crippen molar-refractivity contribution in [2.75, 3.05) is 39.8 Å². The van der Waals surface area contributed by atoms with Crippen LogP contribution in [0.5, 0.6) is 5.75 Å². The number of benzene rings is 1. The number of rotatable bonds is 9. The van der Waals surface area contributed by atoms with Crippen molar-refractivity contribution >= 4 is 35.8 Å². The van der Waals surface area contributed by atoms with Crippen molar-refractivity contribution in [2.24, 2.45) is 10.9 Å². The van der Waals surface area contributed by atoms with E-state index in [1.165, 1.54) is 11.1 Å². The fourth-order valence-corrected chi connectivity index (χ4v) is 2.44. The first-order chi connectivity index (χ1) is 12.3. The molecule has 0 saturated heterocycles. The number of aryl methyl sites for hydroxylation is 2. The molecule has 0 fully saturated rings. The minimum absolute atomic E-state index is 0. The second-order valence-corrected chi connectivity index (χ2v) is 6.77. The van der Waals surface area contributed by atoms with Gasteiger partial charge >= 0.3 is 0 Å². The van der Waals surface area contributed by atoms with Gasteiger partial charge in [-0.1, -0.05) is 19.9 Å². The predicted octanol–water partition coefficient (Wildman–Crippen LogP) is 2.97. The van der Waals surface area contributed by atoms with Gasteiger partial charge < -0.3 is 20.3 Å². The van der Waals surface area contributed by atoms with E-state index in [9.17, 15) is 4.79 Å². The zero-order chi connectivity index (χ0) is 19.5. The Kier molecular flexibility index (Phi) is 12.9. The summed E-state index contributed by atoms with van der Waals surface area (Å²) < 4.78 is 5.87. The van der Waals surface area contributed by atoms with Crippen LogP contribution in [0.3, 0.4) is 0 Å². The number of halogens is 1. The lowest BCUT2D eigenvalue weighted by Gasteiger charge is -2.22. The van der Waals surface area contributed by atoms with Crippen LogP contribution in [0.4, 0.5) is 0 Å². The molecule has 0 atom stereocenters. The zero-order valence-electron chi connectivity index (χ0n) is 17.5. The van der Waals surface area contributed by atoms with Gasteiger partial charge in [0.15, 0.2) is 5.96 Å². The highest BCUT2D eigenvalue weighted by atomic mass is 127. The average Bonchev–Trinajstić information content (AvgIpc) is 2.56. The van der Waals surface area contributed by atoms with Gasteiger partial charge in [-0.15, -0.1) is 24.0 Å². The van der Waals surface area contributed by atoms with E-state index < -0.39 is 0 Å². The molecule has 7 heteroatoms. The minimum Gasteiger partial charge on any atom is -0.492 e. The van der Waals surface area contributed by atoms with Crippen LogP contribution in [-0.4, -0.2) is 56.6 Å². The smallest absolute Gasteiger partial charge is 0.222 e. The van der Waals surface area contributed by atoms with Gasteiger partial charge in [0.25, 0.3) is 0 Å². The summed E-state index contributed by atoms with van der Waals surface area (Å²) in [4.78, 5) is 18.2. The number of nitrogens with zero attached hydrogens (tertiary/aromatic N) is 2. The zero-order valence-corrected chi connectivity index (χ0v) is 19.8. The molecule has 1 aromatic carbocycles. The highest BCUT2D eigenvalue weighted by Gasteiger charge is 2.07. The summed E-state index contributed by atoms with van der Waals surface area (Å²) in [6, 6.07) is 6.22. The van der Waals surface area contributed by atoms with E-state index in [2.05, 4.69) is 35.5 Å². The predicted molar refractivity (Wildman–Crippen MR) is 123 cm³/mol. The number of hydrogen-bond acceptors (Lipinski definition) is 3. The molecule has 0 aliphatic heterocycles. The average molecular weight is 490 g/mol. The Labute approximate surface area is 181 Å². The van der Waals surface area contributed by atoms with Gasteiger partial charge in [0.2, 0.25) is 5.91 Å². The molecule has 0 aliphatic rings. The van der Waals surface area contributed by atoms with Crippen LogP contribution in [0.15, 0.2) is 23.2 Å². The molecule has 0 unspecified atom stereocenters. The molecule has 0 bridgehead atoms. The summed E-state index contributed by atoms with van der Waals surface area (Å²) in [6.45, 7) is 13.1. The summed E-state index contributed by atoms with van der Waals surface area (Å²) in [5.41, 5.74) is 2.40. The first-order valence-corrected chi connectivity index (χ1v) is 9.31. The number of nitrogens with one attached hydrogen (secondary N) is 2. The molecule has 0 radical (unpaired) electrons. The van der Waals surface area contributed by atoms with Crippen LogP contribution in [0, 0.1) is 19.8 Å². The fourth-order valence-electron chi connectivity index (χ4n) is 2.44. The van der Waals surface area contributed by atoms with Gasteiger partial charge in [0.05, 0.1) is 13.1 Å². The lowest BCUT2D eigenvalue weighted by atomic mass is 10.1. The number of hydrogen-bond donors (Lipinski definition) is 2. The SMILES string of the molecule is CCNC(=NCCNC(=O)C(C)C)N(C)CCOc1cc(C)cc(C)c1.I. The van der Waals surface area contributed by atoms with Crippen molar-refractivity contribution in [3.63, 3.8) is 0 Å². The third-order valence-electron chi connectivity index (χ3n) is 3.78. The van der Waals surface area contributed by atoms with Gasteiger partial charge in [-0.05, 0) is 44.0 Å². The number of guanidine groups is 1. The molecule has 0 aliphatic carbocycles. The second kappa shape index (κ2) is 13.6. The topological polar surface area (TPSA) is 66.0 Å². The number of aliphatic imine (C=N–C) groups is 1. The molecule has 1 amide bonds. The monoisotopic (exact) mass is 490 g/mol. The van der Waals surface area contributed by atoms with Gasteiger partial charge in [-0.25, -0.2) is 0 Å². The molecular weight excluding hydrogens is 455 g/mol. The van der Waals surface area contributed by atoms with Crippen molar-refractivity contribution < 1.29 is 9.53 Å². The molecule has 0 spiro atoms. The van der Waals surface area contributed by atoms with E-state index in [0.29, 0.717) is 19.7 Å². The van der Waals surface area contributed by atoms with Crippen molar-refractivity contribution in [2.45, 2.75) is 34.6 Å². The Morgan fingerprint density at radius 2 is 1.81 bits per heavy atom. The van der Waals surface area contributed by atoms with Gasteiger partial charge in [0.1, 0.15) is 12.4 Å². The molecule has 0 saturated carbocycles. The Balaban J connectivity index is 0.00000676. The van der Waals surface area contributed by atoms with Crippen LogP contribution in [0.2, 0.25) is 0 Å². The summed E-state index contributed by atoms with van der Waals surface area (Å²) in [7, 11) is 1.99. The molecule has 1 rings (SSSR count). The molecule has 154 valence electrons. The van der Waals surface area contributed by atoms with Crippen molar-refractivity contribution in [3.8, 4) is 5.75 Å². The van der Waals surface area contributed by atoms with Crippen LogP contribution in [-0.2, 0) is 4.79 Å². The summed E-state index contributed by atoms with van der Waals surface area (Å²) in [5, 5.41) is 6.14. The number of likely N-dealkylation sites (N-methyl/N-ethyl adjacent to an activating group) is 1. The Bertz CT molecular complexity index is 585. The maximum Gasteiger partial charge on any atom is 0.222 e. The molecule has 2 N–H and O–H groups in total. The normalized spacial score (nSPS) is 11.0. The maximum atomic E-state index is 11.6. The van der Waals surface area contributed by atoms with Crippen LogP contribution < -0.4 is 15.4 Å². The molecule has 6 nitrogen and oxygen atoms in total. The van der Waals surface area contributed by atoms with Gasteiger partial charge in [-0.3, -0.25) is 9.79 Å². The lowest BCUT2D eigenvalue weighted by molar-refractivity contribution is -0.123. The second-order valence-electron chi connectivity index (χ2n) is 6.77. The highest BCUT2D eigenvalue weighted by molar-refractivity contribution is 14.0. The Morgan fingerprint density at radius 1 is 1.19 bits per heavy atom. The summed E-state index contributed by atoms with van der Waals surface area (Å²) in [6.07, 6.45) is 0. The third-order valence-corrected chi connectivity index (χ3v) is 3.78. The van der Waals surface area contributed by atoms with E-state index in [-0.39, 0.29) is 35.8 Å². The summed E-state index contributed by atoms with van der Waals surface area (Å²) >= 11 is 0. The highest BCUT2D eigenvalue weighted by Crippen LogP contribution is 2.15. The Morgan fingerprint density at radius 3 is 2.37 bits per heavy atom. The molecule has 27 heavy (non-hydrogen) atoms. The van der Waals surface area contributed by atoms with Crippen molar-refractivity contribution in [1.82, 2.24) is 15.5 Å². The molecule has 1 aromatic rings. The molecule has 0 heterocycles. The summed E-state index contributed by atoms with van der Waals surface area (Å²) in [5.74, 6) is 1.77. The van der Waals surface area contributed by atoms with E-state index in [1.807, 2.05) is 44.9 Å². The van der Waals surface area contributed by atoms with E-state index >= 15 is 0 Å². The standard InChI is InChI=1S/C20H34N4O2.HI/c1-7-21-20(23-9-8-22-19(25)15(2)3)24(6)10-11-26-18-13-16(4)12-17(5)14-18;/h12-15H,7-11H2,1-6H3,(H,21,23)(H,22,25);1H. The lowest BCUT2D eigenvalue weighted by Crippen LogP contribution is -2.41. The van der Waals surface area contributed by atoms with E-state index in [0.717, 1.165) is 24.8 Å². The van der Waals surface area contributed by atoms with Crippen LogP contribution >= 0.6 is 24.0 Å². The first kappa shape index (κ1) is 25.5. The maximum absolute atomic E-state index is 11.6. The number of carbonyl (C=O) groups is 1. The Hall–Kier alpha value is -1.51.